The summed E-state index contributed by atoms with van der Waals surface area (Å²) >= 11 is 11.8. The van der Waals surface area contributed by atoms with Crippen molar-refractivity contribution in [2.75, 3.05) is 10.6 Å². The fourth-order valence-corrected chi connectivity index (χ4v) is 2.96. The quantitative estimate of drug-likeness (QED) is 0.542. The zero-order chi connectivity index (χ0) is 20.3. The highest BCUT2D eigenvalue weighted by atomic mass is 35.5. The van der Waals surface area contributed by atoms with E-state index in [1.165, 1.54) is 30.3 Å². The molecule has 1 aliphatic rings. The first-order valence-corrected chi connectivity index (χ1v) is 9.25. The molecule has 2 aromatic carbocycles. The fourth-order valence-electron chi connectivity index (χ4n) is 2.51. The maximum atomic E-state index is 12.6. The van der Waals surface area contributed by atoms with Crippen LogP contribution < -0.4 is 10.6 Å². The summed E-state index contributed by atoms with van der Waals surface area (Å²) in [5.74, 6) is -2.97. The van der Waals surface area contributed by atoms with Crippen LogP contribution in [0.3, 0.4) is 0 Å². The van der Waals surface area contributed by atoms with Gasteiger partial charge in [0.15, 0.2) is 11.7 Å². The molecule has 0 aromatic heterocycles. The Morgan fingerprint density at radius 2 is 1.71 bits per heavy atom. The van der Waals surface area contributed by atoms with Crippen molar-refractivity contribution in [1.82, 2.24) is 0 Å². The molecular formula is C20H15Cl2N3O3. The Hall–Kier alpha value is -2.88. The number of carbonyl (C=O) groups is 3. The molecule has 6 nitrogen and oxygen atoms in total. The van der Waals surface area contributed by atoms with Gasteiger partial charge in [-0.3, -0.25) is 14.4 Å². The van der Waals surface area contributed by atoms with Crippen molar-refractivity contribution in [1.29, 1.82) is 5.26 Å². The molecule has 2 aromatic rings. The molecule has 0 spiro atoms. The summed E-state index contributed by atoms with van der Waals surface area (Å²) in [5, 5.41) is 15.1. The standard InChI is InChI=1S/C20H15Cl2N3O3/c21-13-5-8-17(16(22)9-13)25-20(28)15(10-23)18(26)11-3-6-14(7-4-11)24-19(27)12-1-2-12/h3-9,12,15H,1-2H2,(H,24,27)(H,25,28). The van der Waals surface area contributed by atoms with Crippen molar-refractivity contribution in [2.24, 2.45) is 11.8 Å². The van der Waals surface area contributed by atoms with E-state index in [1.807, 2.05) is 0 Å². The van der Waals surface area contributed by atoms with Gasteiger partial charge in [-0.2, -0.15) is 5.26 Å². The van der Waals surface area contributed by atoms with E-state index in [-0.39, 0.29) is 28.1 Å². The normalized spacial score (nSPS) is 13.9. The number of carbonyl (C=O) groups excluding carboxylic acids is 3. The first-order chi connectivity index (χ1) is 13.4. The molecule has 0 radical (unpaired) electrons. The van der Waals surface area contributed by atoms with Crippen LogP contribution in [0.15, 0.2) is 42.5 Å². The highest BCUT2D eigenvalue weighted by Crippen LogP contribution is 2.30. The van der Waals surface area contributed by atoms with Gasteiger partial charge in [0, 0.05) is 22.2 Å². The maximum absolute atomic E-state index is 12.6. The lowest BCUT2D eigenvalue weighted by atomic mass is 9.97. The molecule has 1 fully saturated rings. The molecule has 142 valence electrons. The first-order valence-electron chi connectivity index (χ1n) is 8.49. The van der Waals surface area contributed by atoms with E-state index in [9.17, 15) is 19.6 Å². The van der Waals surface area contributed by atoms with Gasteiger partial charge in [0.05, 0.1) is 16.8 Å². The number of amides is 2. The van der Waals surface area contributed by atoms with Gasteiger partial charge < -0.3 is 10.6 Å². The van der Waals surface area contributed by atoms with Gasteiger partial charge in [-0.25, -0.2) is 0 Å². The third-order valence-electron chi connectivity index (χ3n) is 4.23. The molecule has 0 saturated heterocycles. The Balaban J connectivity index is 1.69. The van der Waals surface area contributed by atoms with Gasteiger partial charge in [-0.15, -0.1) is 0 Å². The van der Waals surface area contributed by atoms with Crippen LogP contribution in [-0.2, 0) is 9.59 Å². The molecule has 0 bridgehead atoms. The predicted octanol–water partition coefficient (Wildman–Crippen LogP) is 4.30. The van der Waals surface area contributed by atoms with Crippen molar-refractivity contribution in [3.63, 3.8) is 0 Å². The van der Waals surface area contributed by atoms with Gasteiger partial charge in [0.2, 0.25) is 11.8 Å². The zero-order valence-electron chi connectivity index (χ0n) is 14.5. The van der Waals surface area contributed by atoms with Crippen LogP contribution in [0.2, 0.25) is 10.0 Å². The van der Waals surface area contributed by atoms with E-state index in [1.54, 1.807) is 18.2 Å². The second-order valence-corrected chi connectivity index (χ2v) is 7.22. The molecule has 1 aliphatic carbocycles. The second kappa shape index (κ2) is 8.42. The molecule has 1 saturated carbocycles. The molecule has 28 heavy (non-hydrogen) atoms. The van der Waals surface area contributed by atoms with Gasteiger partial charge in [-0.05, 0) is 55.3 Å². The number of benzene rings is 2. The Kier molecular flexibility index (Phi) is 5.98. The zero-order valence-corrected chi connectivity index (χ0v) is 16.1. The number of hydrogen-bond acceptors (Lipinski definition) is 4. The highest BCUT2D eigenvalue weighted by Gasteiger charge is 2.30. The SMILES string of the molecule is N#CC(C(=O)Nc1ccc(Cl)cc1Cl)C(=O)c1ccc(NC(=O)C2CC2)cc1. The molecule has 1 unspecified atom stereocenters. The molecule has 2 amide bonds. The lowest BCUT2D eigenvalue weighted by molar-refractivity contribution is -0.118. The number of hydrogen-bond donors (Lipinski definition) is 2. The van der Waals surface area contributed by atoms with E-state index in [2.05, 4.69) is 10.6 Å². The summed E-state index contributed by atoms with van der Waals surface area (Å²) < 4.78 is 0. The minimum atomic E-state index is -1.54. The third-order valence-corrected chi connectivity index (χ3v) is 4.78. The number of ketones is 1. The fraction of sp³-hybridized carbons (Fsp3) is 0.200. The summed E-state index contributed by atoms with van der Waals surface area (Å²) in [5.41, 5.74) is 0.995. The van der Waals surface area contributed by atoms with Crippen molar-refractivity contribution in [2.45, 2.75) is 12.8 Å². The monoisotopic (exact) mass is 415 g/mol. The van der Waals surface area contributed by atoms with Crippen LogP contribution in [-0.4, -0.2) is 17.6 Å². The molecule has 1 atom stereocenters. The molecule has 0 heterocycles. The van der Waals surface area contributed by atoms with Crippen LogP contribution in [0.4, 0.5) is 11.4 Å². The van der Waals surface area contributed by atoms with E-state index < -0.39 is 17.6 Å². The maximum Gasteiger partial charge on any atom is 0.249 e. The lowest BCUT2D eigenvalue weighted by Gasteiger charge is -2.11. The van der Waals surface area contributed by atoms with E-state index in [0.29, 0.717) is 10.7 Å². The van der Waals surface area contributed by atoms with E-state index >= 15 is 0 Å². The Morgan fingerprint density at radius 1 is 1.04 bits per heavy atom. The van der Waals surface area contributed by atoms with Gasteiger partial charge in [0.25, 0.3) is 0 Å². The predicted molar refractivity (Wildman–Crippen MR) is 106 cm³/mol. The number of nitrogens with zero attached hydrogens (tertiary/aromatic N) is 1. The summed E-state index contributed by atoms with van der Waals surface area (Å²) in [6.07, 6.45) is 1.78. The number of anilines is 2. The van der Waals surface area contributed by atoms with Gasteiger partial charge >= 0.3 is 0 Å². The van der Waals surface area contributed by atoms with Crippen molar-refractivity contribution >= 4 is 52.2 Å². The van der Waals surface area contributed by atoms with Gasteiger partial charge in [-0.1, -0.05) is 23.2 Å². The average molecular weight is 416 g/mol. The van der Waals surface area contributed by atoms with E-state index in [0.717, 1.165) is 12.8 Å². The number of Topliss-reactive ketones (excluding diaryl/α,β-unsaturated/α-hetero) is 1. The third kappa shape index (κ3) is 4.69. The van der Waals surface area contributed by atoms with Crippen molar-refractivity contribution < 1.29 is 14.4 Å². The van der Waals surface area contributed by atoms with Crippen LogP contribution in [0.5, 0.6) is 0 Å². The average Bonchev–Trinajstić information content (AvgIpc) is 3.50. The minimum absolute atomic E-state index is 0.0480. The minimum Gasteiger partial charge on any atom is -0.326 e. The van der Waals surface area contributed by atoms with Gasteiger partial charge in [0.1, 0.15) is 0 Å². The second-order valence-electron chi connectivity index (χ2n) is 6.38. The molecule has 2 N–H and O–H groups in total. The highest BCUT2D eigenvalue weighted by molar-refractivity contribution is 6.36. The van der Waals surface area contributed by atoms with Crippen LogP contribution >= 0.6 is 23.2 Å². The molecule has 0 aliphatic heterocycles. The topological polar surface area (TPSA) is 99.1 Å². The summed E-state index contributed by atoms with van der Waals surface area (Å²) in [7, 11) is 0. The van der Waals surface area contributed by atoms with Crippen molar-refractivity contribution in [3.05, 3.63) is 58.1 Å². The smallest absolute Gasteiger partial charge is 0.249 e. The number of rotatable bonds is 6. The largest absolute Gasteiger partial charge is 0.326 e. The van der Waals surface area contributed by atoms with Crippen molar-refractivity contribution in [3.8, 4) is 6.07 Å². The Morgan fingerprint density at radius 3 is 2.29 bits per heavy atom. The van der Waals surface area contributed by atoms with Crippen LogP contribution in [0, 0.1) is 23.2 Å². The Labute approximate surface area is 171 Å². The summed E-state index contributed by atoms with van der Waals surface area (Å²) in [4.78, 5) is 36.7. The Bertz CT molecular complexity index is 979. The number of nitrogens with one attached hydrogen (secondary N) is 2. The lowest BCUT2D eigenvalue weighted by Crippen LogP contribution is -2.28. The molecule has 3 rings (SSSR count). The molecule has 8 heteroatoms. The van der Waals surface area contributed by atoms with E-state index in [4.69, 9.17) is 23.2 Å². The van der Waals surface area contributed by atoms with Crippen LogP contribution in [0.1, 0.15) is 23.2 Å². The summed E-state index contributed by atoms with van der Waals surface area (Å²) in [6, 6.07) is 12.2. The summed E-state index contributed by atoms with van der Waals surface area (Å²) in [6.45, 7) is 0. The molecular weight excluding hydrogens is 401 g/mol. The first kappa shape index (κ1) is 19.9. The number of nitriles is 1. The van der Waals surface area contributed by atoms with Crippen LogP contribution in [0.25, 0.3) is 0 Å². The number of halogens is 2.